The molecule has 1 aromatic rings. The van der Waals surface area contributed by atoms with E-state index in [-0.39, 0.29) is 5.02 Å². The van der Waals surface area contributed by atoms with Crippen molar-refractivity contribution in [2.75, 3.05) is 20.3 Å². The summed E-state index contributed by atoms with van der Waals surface area (Å²) in [5, 5.41) is 9.38. The molecule has 18 heavy (non-hydrogen) atoms. The van der Waals surface area contributed by atoms with E-state index in [0.717, 1.165) is 0 Å². The second-order valence-electron chi connectivity index (χ2n) is 3.89. The van der Waals surface area contributed by atoms with Crippen molar-refractivity contribution in [3.05, 3.63) is 16.7 Å². The number of halogens is 1. The molecule has 1 N–H and O–H groups in total. The van der Waals surface area contributed by atoms with E-state index in [1.807, 2.05) is 0 Å². The van der Waals surface area contributed by atoms with Crippen LogP contribution in [0.3, 0.4) is 0 Å². The number of carboxylic acids is 1. The summed E-state index contributed by atoms with van der Waals surface area (Å²) in [5.74, 6) is -0.554. The quantitative estimate of drug-likeness (QED) is 0.915. The molecule has 1 aromatic carbocycles. The highest BCUT2D eigenvalue weighted by Crippen LogP contribution is 2.47. The van der Waals surface area contributed by atoms with Gasteiger partial charge in [0.1, 0.15) is 19.0 Å². The van der Waals surface area contributed by atoms with Gasteiger partial charge in [-0.1, -0.05) is 11.6 Å². The monoisotopic (exact) mass is 272 g/mol. The van der Waals surface area contributed by atoms with Crippen molar-refractivity contribution in [3.8, 4) is 17.2 Å². The highest BCUT2D eigenvalue weighted by Gasteiger charge is 2.29. The number of aliphatic carboxylic acids is 1. The maximum Gasteiger partial charge on any atom is 0.310 e. The smallest absolute Gasteiger partial charge is 0.310 e. The molecule has 0 amide bonds. The molecule has 0 fully saturated rings. The Bertz CT molecular complexity index is 486. The number of fused-ring (bicyclic) bond motifs is 1. The van der Waals surface area contributed by atoms with Crippen LogP contribution >= 0.6 is 11.6 Å². The Balaban J connectivity index is 2.63. The van der Waals surface area contributed by atoms with Crippen LogP contribution in [-0.4, -0.2) is 31.4 Å². The molecule has 0 saturated carbocycles. The number of benzene rings is 1. The maximum atomic E-state index is 11.1. The molecule has 6 heteroatoms. The fourth-order valence-corrected chi connectivity index (χ4v) is 2.20. The van der Waals surface area contributed by atoms with Gasteiger partial charge in [0.25, 0.3) is 0 Å². The number of hydrogen-bond donors (Lipinski definition) is 1. The van der Waals surface area contributed by atoms with E-state index in [1.54, 1.807) is 13.0 Å². The summed E-state index contributed by atoms with van der Waals surface area (Å²) in [6.45, 7) is 2.33. The standard InChI is InChI=1S/C12H13ClO5/c1-6(12(14)15)9-10(13)7(16-2)5-8-11(9)18-4-3-17-8/h5-6H,3-4H2,1-2H3,(H,14,15). The van der Waals surface area contributed by atoms with E-state index < -0.39 is 11.9 Å². The molecule has 0 bridgehead atoms. The molecule has 1 heterocycles. The normalized spacial score (nSPS) is 15.1. The molecule has 0 aromatic heterocycles. The Morgan fingerprint density at radius 3 is 2.78 bits per heavy atom. The second kappa shape index (κ2) is 4.94. The summed E-state index contributed by atoms with van der Waals surface area (Å²) in [6, 6.07) is 1.61. The predicted octanol–water partition coefficient (Wildman–Crippen LogP) is 2.31. The van der Waals surface area contributed by atoms with Crippen LogP contribution in [0.2, 0.25) is 5.02 Å². The molecule has 5 nitrogen and oxygen atoms in total. The van der Waals surface area contributed by atoms with Crippen molar-refractivity contribution in [1.82, 2.24) is 0 Å². The van der Waals surface area contributed by atoms with E-state index in [1.165, 1.54) is 7.11 Å². The molecule has 0 radical (unpaired) electrons. The van der Waals surface area contributed by atoms with Gasteiger partial charge < -0.3 is 19.3 Å². The lowest BCUT2D eigenvalue weighted by atomic mass is 9.99. The summed E-state index contributed by atoms with van der Waals surface area (Å²) >= 11 is 6.16. The minimum Gasteiger partial charge on any atom is -0.495 e. The van der Waals surface area contributed by atoms with Gasteiger partial charge in [0, 0.05) is 11.6 Å². The number of methoxy groups -OCH3 is 1. The molecule has 1 unspecified atom stereocenters. The van der Waals surface area contributed by atoms with Crippen LogP contribution in [0.5, 0.6) is 17.2 Å². The van der Waals surface area contributed by atoms with Gasteiger partial charge in [-0.25, -0.2) is 0 Å². The Morgan fingerprint density at radius 1 is 1.50 bits per heavy atom. The molecule has 2 rings (SSSR count). The van der Waals surface area contributed by atoms with Crippen molar-refractivity contribution in [3.63, 3.8) is 0 Å². The molecule has 1 aliphatic rings. The first kappa shape index (κ1) is 12.8. The maximum absolute atomic E-state index is 11.1. The number of rotatable bonds is 3. The number of carboxylic acid groups (broad SMARTS) is 1. The Morgan fingerprint density at radius 2 is 2.17 bits per heavy atom. The second-order valence-corrected chi connectivity index (χ2v) is 4.27. The highest BCUT2D eigenvalue weighted by molar-refractivity contribution is 6.33. The van der Waals surface area contributed by atoms with Crippen LogP contribution in [0, 0.1) is 0 Å². The number of ether oxygens (including phenoxy) is 3. The van der Waals surface area contributed by atoms with Gasteiger partial charge in [-0.2, -0.15) is 0 Å². The van der Waals surface area contributed by atoms with Gasteiger partial charge in [0.05, 0.1) is 18.1 Å². The zero-order valence-electron chi connectivity index (χ0n) is 10.0. The van der Waals surface area contributed by atoms with E-state index in [0.29, 0.717) is 36.0 Å². The molecule has 0 spiro atoms. The molecule has 98 valence electrons. The van der Waals surface area contributed by atoms with Crippen molar-refractivity contribution >= 4 is 17.6 Å². The van der Waals surface area contributed by atoms with Crippen LogP contribution in [0.15, 0.2) is 6.07 Å². The third-order valence-corrected chi connectivity index (χ3v) is 3.18. The molecule has 1 atom stereocenters. The fraction of sp³-hybridized carbons (Fsp3) is 0.417. The average Bonchev–Trinajstić information content (AvgIpc) is 2.37. The van der Waals surface area contributed by atoms with Crippen molar-refractivity contribution in [2.45, 2.75) is 12.8 Å². The minimum atomic E-state index is -0.985. The van der Waals surface area contributed by atoms with E-state index in [2.05, 4.69) is 0 Å². The largest absolute Gasteiger partial charge is 0.495 e. The van der Waals surface area contributed by atoms with E-state index in [4.69, 9.17) is 30.9 Å². The SMILES string of the molecule is COc1cc2c(c(C(C)C(=O)O)c1Cl)OCCO2. The number of hydrogen-bond acceptors (Lipinski definition) is 4. The Kier molecular flexibility index (Phi) is 3.52. The van der Waals surface area contributed by atoms with E-state index >= 15 is 0 Å². The topological polar surface area (TPSA) is 65.0 Å². The fourth-order valence-electron chi connectivity index (χ4n) is 1.82. The van der Waals surface area contributed by atoms with Gasteiger partial charge in [0.2, 0.25) is 0 Å². The summed E-state index contributed by atoms with van der Waals surface area (Å²) in [6.07, 6.45) is 0. The lowest BCUT2D eigenvalue weighted by molar-refractivity contribution is -0.138. The molecular formula is C12H13ClO5. The zero-order valence-corrected chi connectivity index (χ0v) is 10.8. The van der Waals surface area contributed by atoms with Gasteiger partial charge in [-0.15, -0.1) is 0 Å². The molecule has 0 aliphatic carbocycles. The summed E-state index contributed by atoms with van der Waals surface area (Å²) in [4.78, 5) is 11.1. The molecule has 0 saturated heterocycles. The lowest BCUT2D eigenvalue weighted by Gasteiger charge is -2.24. The van der Waals surface area contributed by atoms with Crippen LogP contribution in [0.1, 0.15) is 18.4 Å². The number of carbonyl (C=O) groups is 1. The third kappa shape index (κ3) is 2.06. The summed E-state index contributed by atoms with van der Waals surface area (Å²) in [5.41, 5.74) is 0.387. The van der Waals surface area contributed by atoms with Gasteiger partial charge in [-0.3, -0.25) is 4.79 Å². The zero-order chi connectivity index (χ0) is 13.3. The van der Waals surface area contributed by atoms with Gasteiger partial charge in [0.15, 0.2) is 11.5 Å². The Hall–Kier alpha value is -1.62. The molecule has 1 aliphatic heterocycles. The molecular weight excluding hydrogens is 260 g/mol. The predicted molar refractivity (Wildman–Crippen MR) is 65.0 cm³/mol. The Labute approximate surface area is 109 Å². The first-order valence-electron chi connectivity index (χ1n) is 5.45. The van der Waals surface area contributed by atoms with Gasteiger partial charge in [-0.05, 0) is 6.92 Å². The van der Waals surface area contributed by atoms with Gasteiger partial charge >= 0.3 is 5.97 Å². The van der Waals surface area contributed by atoms with Crippen LogP contribution in [-0.2, 0) is 4.79 Å². The summed E-state index contributed by atoms with van der Waals surface area (Å²) < 4.78 is 16.0. The lowest BCUT2D eigenvalue weighted by Crippen LogP contribution is -2.19. The van der Waals surface area contributed by atoms with E-state index in [9.17, 15) is 4.79 Å². The summed E-state index contributed by atoms with van der Waals surface area (Å²) in [7, 11) is 1.46. The average molecular weight is 273 g/mol. The highest BCUT2D eigenvalue weighted by atomic mass is 35.5. The van der Waals surface area contributed by atoms with Crippen LogP contribution in [0.4, 0.5) is 0 Å². The van der Waals surface area contributed by atoms with Crippen LogP contribution in [0.25, 0.3) is 0 Å². The van der Waals surface area contributed by atoms with Crippen molar-refractivity contribution < 1.29 is 24.1 Å². The first-order valence-corrected chi connectivity index (χ1v) is 5.82. The van der Waals surface area contributed by atoms with Crippen LogP contribution < -0.4 is 14.2 Å². The third-order valence-electron chi connectivity index (χ3n) is 2.79. The minimum absolute atomic E-state index is 0.247. The van der Waals surface area contributed by atoms with Crippen molar-refractivity contribution in [2.24, 2.45) is 0 Å². The van der Waals surface area contributed by atoms with Crippen molar-refractivity contribution in [1.29, 1.82) is 0 Å². The first-order chi connectivity index (χ1) is 8.56.